The van der Waals surface area contributed by atoms with Gasteiger partial charge in [0.1, 0.15) is 6.29 Å². The summed E-state index contributed by atoms with van der Waals surface area (Å²) in [6, 6.07) is 8.48. The van der Waals surface area contributed by atoms with Gasteiger partial charge in [0.2, 0.25) is 0 Å². The van der Waals surface area contributed by atoms with Crippen LogP contribution in [-0.4, -0.2) is 25.4 Å². The largest absolute Gasteiger partial charge is 0.328 e. The third-order valence-electron chi connectivity index (χ3n) is 3.27. The third kappa shape index (κ3) is 11.4. The normalized spacial score (nSPS) is 13.0. The lowest BCUT2D eigenvalue weighted by Gasteiger charge is -2.15. The van der Waals surface area contributed by atoms with E-state index in [2.05, 4.69) is 19.2 Å². The second-order valence-corrected chi connectivity index (χ2v) is 5.74. The van der Waals surface area contributed by atoms with E-state index in [0.717, 1.165) is 36.1 Å². The van der Waals surface area contributed by atoms with E-state index in [1.807, 2.05) is 31.3 Å². The van der Waals surface area contributed by atoms with Gasteiger partial charge in [-0.3, -0.25) is 0 Å². The van der Waals surface area contributed by atoms with Crippen LogP contribution in [0.5, 0.6) is 0 Å². The number of benzene rings is 1. The highest BCUT2D eigenvalue weighted by atomic mass is 35.5. The fourth-order valence-corrected chi connectivity index (χ4v) is 2.06. The van der Waals surface area contributed by atoms with Gasteiger partial charge in [0.15, 0.2) is 0 Å². The molecule has 0 saturated carbocycles. The minimum Gasteiger partial charge on any atom is -0.328 e. The lowest BCUT2D eigenvalue weighted by molar-refractivity contribution is -0.107. The first-order chi connectivity index (χ1) is 10.0. The number of nitrogens with two attached hydrogens (primary N) is 1. The molecule has 0 bridgehead atoms. The lowest BCUT2D eigenvalue weighted by Crippen LogP contribution is -2.31. The van der Waals surface area contributed by atoms with Gasteiger partial charge in [0.05, 0.1) is 0 Å². The maximum absolute atomic E-state index is 10.0. The van der Waals surface area contributed by atoms with E-state index in [-0.39, 0.29) is 0 Å². The molecule has 21 heavy (non-hydrogen) atoms. The van der Waals surface area contributed by atoms with E-state index >= 15 is 0 Å². The van der Waals surface area contributed by atoms with Crippen molar-refractivity contribution in [3.05, 3.63) is 34.9 Å². The van der Waals surface area contributed by atoms with Gasteiger partial charge in [-0.1, -0.05) is 37.1 Å². The first-order valence-electron chi connectivity index (χ1n) is 7.64. The number of halogens is 1. The molecular weight excluding hydrogens is 284 g/mol. The topological polar surface area (TPSA) is 55.1 Å². The van der Waals surface area contributed by atoms with Gasteiger partial charge in [0, 0.05) is 23.5 Å². The van der Waals surface area contributed by atoms with Gasteiger partial charge < -0.3 is 15.8 Å². The van der Waals surface area contributed by atoms with E-state index in [1.165, 1.54) is 6.42 Å². The fourth-order valence-electron chi connectivity index (χ4n) is 1.94. The van der Waals surface area contributed by atoms with Crippen molar-refractivity contribution in [3.63, 3.8) is 0 Å². The van der Waals surface area contributed by atoms with Gasteiger partial charge in [-0.05, 0) is 50.9 Å². The number of rotatable bonds is 8. The van der Waals surface area contributed by atoms with Crippen molar-refractivity contribution in [2.45, 2.75) is 58.0 Å². The first kappa shape index (κ1) is 20.1. The standard InChI is InChI=1S/C9H9ClO.C8H20N2/c10-9-5-3-8(4-6-9)2-1-7-11;1-4-5-8(9)6-7(2)10-3/h3-7H,1-2H2;7-8,10H,4-6,9H2,1-3H3. The minimum atomic E-state index is 0.382. The lowest BCUT2D eigenvalue weighted by atomic mass is 10.1. The van der Waals surface area contributed by atoms with Crippen LogP contribution in [0.3, 0.4) is 0 Å². The monoisotopic (exact) mass is 312 g/mol. The molecule has 0 radical (unpaired) electrons. The summed E-state index contributed by atoms with van der Waals surface area (Å²) in [5, 5.41) is 3.91. The summed E-state index contributed by atoms with van der Waals surface area (Å²) in [6.07, 6.45) is 5.74. The molecule has 3 nitrogen and oxygen atoms in total. The SMILES string of the molecule is CCCC(N)CC(C)NC.O=CCCc1ccc(Cl)cc1. The Labute approximate surface area is 134 Å². The number of carbonyl (C=O) groups is 1. The number of nitrogens with one attached hydrogen (secondary N) is 1. The Morgan fingerprint density at radius 2 is 1.95 bits per heavy atom. The van der Waals surface area contributed by atoms with E-state index in [4.69, 9.17) is 17.3 Å². The summed E-state index contributed by atoms with van der Waals surface area (Å²) in [7, 11) is 1.98. The Morgan fingerprint density at radius 3 is 2.43 bits per heavy atom. The third-order valence-corrected chi connectivity index (χ3v) is 3.52. The van der Waals surface area contributed by atoms with Crippen LogP contribution in [0.1, 0.15) is 45.1 Å². The summed E-state index contributed by atoms with van der Waals surface area (Å²) < 4.78 is 0. The Balaban J connectivity index is 0.000000384. The van der Waals surface area contributed by atoms with E-state index in [9.17, 15) is 4.79 Å². The van der Waals surface area contributed by atoms with Crippen LogP contribution in [0.4, 0.5) is 0 Å². The molecule has 1 aromatic rings. The van der Waals surface area contributed by atoms with Crippen molar-refractivity contribution in [3.8, 4) is 0 Å². The van der Waals surface area contributed by atoms with Gasteiger partial charge in [-0.25, -0.2) is 0 Å². The van der Waals surface area contributed by atoms with Crippen molar-refractivity contribution in [1.29, 1.82) is 0 Å². The van der Waals surface area contributed by atoms with Gasteiger partial charge in [-0.2, -0.15) is 0 Å². The van der Waals surface area contributed by atoms with Crippen LogP contribution in [0.15, 0.2) is 24.3 Å². The molecule has 0 saturated heterocycles. The highest BCUT2D eigenvalue weighted by Crippen LogP contribution is 2.10. The zero-order valence-electron chi connectivity index (χ0n) is 13.4. The Hall–Kier alpha value is -0.900. The zero-order valence-corrected chi connectivity index (χ0v) is 14.2. The van der Waals surface area contributed by atoms with Gasteiger partial charge in [0.25, 0.3) is 0 Å². The van der Waals surface area contributed by atoms with Crippen LogP contribution in [0, 0.1) is 0 Å². The quantitative estimate of drug-likeness (QED) is 0.721. The molecule has 120 valence electrons. The van der Waals surface area contributed by atoms with E-state index in [0.29, 0.717) is 18.5 Å². The molecule has 0 spiro atoms. The predicted molar refractivity (Wildman–Crippen MR) is 91.9 cm³/mol. The summed E-state index contributed by atoms with van der Waals surface area (Å²) in [5.41, 5.74) is 6.97. The molecule has 2 unspecified atom stereocenters. The van der Waals surface area contributed by atoms with Crippen LogP contribution in [0.2, 0.25) is 5.02 Å². The molecule has 0 aliphatic carbocycles. The Bertz CT molecular complexity index is 368. The molecule has 0 aliphatic rings. The van der Waals surface area contributed by atoms with Crippen LogP contribution in [0.25, 0.3) is 0 Å². The number of aldehydes is 1. The highest BCUT2D eigenvalue weighted by molar-refractivity contribution is 6.30. The van der Waals surface area contributed by atoms with Crippen molar-refractivity contribution >= 4 is 17.9 Å². The van der Waals surface area contributed by atoms with Crippen molar-refractivity contribution in [1.82, 2.24) is 5.32 Å². The summed E-state index contributed by atoms with van der Waals surface area (Å²) in [6.45, 7) is 4.33. The van der Waals surface area contributed by atoms with Crippen LogP contribution >= 0.6 is 11.6 Å². The number of aryl methyl sites for hydroxylation is 1. The highest BCUT2D eigenvalue weighted by Gasteiger charge is 2.04. The van der Waals surface area contributed by atoms with Gasteiger partial charge in [-0.15, -0.1) is 0 Å². The van der Waals surface area contributed by atoms with E-state index < -0.39 is 0 Å². The molecule has 0 heterocycles. The van der Waals surface area contributed by atoms with E-state index in [1.54, 1.807) is 0 Å². The average molecular weight is 313 g/mol. The second kappa shape index (κ2) is 12.8. The Morgan fingerprint density at radius 1 is 1.33 bits per heavy atom. The molecule has 3 N–H and O–H groups in total. The number of carbonyl (C=O) groups excluding carboxylic acids is 1. The molecule has 4 heteroatoms. The summed E-state index contributed by atoms with van der Waals surface area (Å²) in [5.74, 6) is 0. The van der Waals surface area contributed by atoms with Crippen LogP contribution < -0.4 is 11.1 Å². The molecule has 1 aromatic carbocycles. The van der Waals surface area contributed by atoms with Crippen molar-refractivity contribution in [2.75, 3.05) is 7.05 Å². The number of hydrogen-bond acceptors (Lipinski definition) is 3. The molecule has 1 rings (SSSR count). The average Bonchev–Trinajstić information content (AvgIpc) is 2.47. The summed E-state index contributed by atoms with van der Waals surface area (Å²) >= 11 is 5.68. The maximum atomic E-state index is 10.0. The smallest absolute Gasteiger partial charge is 0.120 e. The number of hydrogen-bond donors (Lipinski definition) is 2. The molecule has 2 atom stereocenters. The molecular formula is C17H29ClN2O. The molecule has 0 aliphatic heterocycles. The van der Waals surface area contributed by atoms with Crippen LogP contribution in [-0.2, 0) is 11.2 Å². The maximum Gasteiger partial charge on any atom is 0.120 e. The Kier molecular flexibility index (Phi) is 12.3. The minimum absolute atomic E-state index is 0.382. The summed E-state index contributed by atoms with van der Waals surface area (Å²) in [4.78, 5) is 10.0. The van der Waals surface area contributed by atoms with Gasteiger partial charge >= 0.3 is 0 Å². The predicted octanol–water partition coefficient (Wildman–Crippen LogP) is 3.58. The van der Waals surface area contributed by atoms with Crippen molar-refractivity contribution < 1.29 is 4.79 Å². The second-order valence-electron chi connectivity index (χ2n) is 5.31. The van der Waals surface area contributed by atoms with Crippen molar-refractivity contribution in [2.24, 2.45) is 5.73 Å². The molecule has 0 aromatic heterocycles. The molecule has 0 amide bonds. The zero-order chi connectivity index (χ0) is 16.1. The fraction of sp³-hybridized carbons (Fsp3) is 0.588. The molecule has 0 fully saturated rings. The first-order valence-corrected chi connectivity index (χ1v) is 8.02.